The number of hydrogen-bond donors (Lipinski definition) is 1. The molecule has 0 unspecified atom stereocenters. The van der Waals surface area contributed by atoms with Gasteiger partial charge in [0.1, 0.15) is 5.82 Å². The normalized spacial score (nSPS) is 11.9. The molecule has 0 aliphatic rings. The molecule has 1 N–H and O–H groups in total. The molecule has 0 aliphatic heterocycles. The minimum absolute atomic E-state index is 0.226. The summed E-state index contributed by atoms with van der Waals surface area (Å²) >= 11 is 6.65. The molecule has 6 nitrogen and oxygen atoms in total. The first-order valence-electron chi connectivity index (χ1n) is 12.8. The van der Waals surface area contributed by atoms with Gasteiger partial charge in [-0.2, -0.15) is 0 Å². The summed E-state index contributed by atoms with van der Waals surface area (Å²) in [6, 6.07) is 20.2. The highest BCUT2D eigenvalue weighted by molar-refractivity contribution is 7.93. The van der Waals surface area contributed by atoms with Gasteiger partial charge in [0.25, 0.3) is 15.9 Å². The predicted octanol–water partition coefficient (Wildman–Crippen LogP) is 6.90. The van der Waals surface area contributed by atoms with Crippen molar-refractivity contribution in [3.63, 3.8) is 0 Å². The maximum absolute atomic E-state index is 12.8. The van der Waals surface area contributed by atoms with Gasteiger partial charge in [-0.15, -0.1) is 0 Å². The molecule has 0 bridgehead atoms. The second-order valence-corrected chi connectivity index (χ2v) is 11.3. The first-order valence-corrected chi connectivity index (χ1v) is 14.7. The van der Waals surface area contributed by atoms with E-state index >= 15 is 0 Å². The summed E-state index contributed by atoms with van der Waals surface area (Å²) in [4.78, 5) is 17.4. The first kappa shape index (κ1) is 27.6. The minimum Gasteiger partial charge on any atom is -0.324 e. The molecule has 0 saturated heterocycles. The molecule has 8 heteroatoms. The Bertz CT molecular complexity index is 1560. The fourth-order valence-electron chi connectivity index (χ4n) is 4.34. The topological polar surface area (TPSA) is 81.1 Å². The number of amides is 1. The molecule has 0 fully saturated rings. The zero-order valence-corrected chi connectivity index (χ0v) is 23.2. The van der Waals surface area contributed by atoms with Gasteiger partial charge in [-0.1, -0.05) is 80.3 Å². The van der Waals surface area contributed by atoms with E-state index in [4.69, 9.17) is 11.6 Å². The minimum atomic E-state index is -3.97. The van der Waals surface area contributed by atoms with Gasteiger partial charge in [-0.05, 0) is 66.8 Å². The Morgan fingerprint density at radius 3 is 2.55 bits per heavy atom. The average molecular weight is 550 g/mol. The molecule has 0 aliphatic carbocycles. The van der Waals surface area contributed by atoms with E-state index in [1.165, 1.54) is 30.9 Å². The van der Waals surface area contributed by atoms with E-state index in [2.05, 4.69) is 22.7 Å². The van der Waals surface area contributed by atoms with Crippen LogP contribution in [0.2, 0.25) is 5.02 Å². The van der Waals surface area contributed by atoms with Crippen molar-refractivity contribution >= 4 is 44.6 Å². The molecule has 0 atom stereocenters. The summed E-state index contributed by atoms with van der Waals surface area (Å²) in [5.74, 6) is 0.0659. The van der Waals surface area contributed by atoms with Crippen LogP contribution in [-0.2, 0) is 23.0 Å². The number of hydrogen-bond acceptors (Lipinski definition) is 4. The van der Waals surface area contributed by atoms with Crippen LogP contribution in [0.4, 0.5) is 0 Å². The lowest BCUT2D eigenvalue weighted by Gasteiger charge is -2.11. The molecule has 1 amide bonds. The van der Waals surface area contributed by atoms with Gasteiger partial charge < -0.3 is 4.57 Å². The van der Waals surface area contributed by atoms with Gasteiger partial charge in [0, 0.05) is 10.6 Å². The van der Waals surface area contributed by atoms with E-state index < -0.39 is 15.9 Å². The molecule has 1 aromatic heterocycles. The van der Waals surface area contributed by atoms with Crippen LogP contribution in [0.15, 0.2) is 72.1 Å². The molecule has 38 heavy (non-hydrogen) atoms. The van der Waals surface area contributed by atoms with Crippen molar-refractivity contribution < 1.29 is 13.2 Å². The molecule has 0 spiro atoms. The fourth-order valence-corrected chi connectivity index (χ4v) is 5.38. The predicted molar refractivity (Wildman–Crippen MR) is 155 cm³/mol. The summed E-state index contributed by atoms with van der Waals surface area (Å²) in [5.41, 5.74) is 4.57. The number of sulfonamides is 1. The Morgan fingerprint density at radius 2 is 1.82 bits per heavy atom. The third kappa shape index (κ3) is 7.11. The van der Waals surface area contributed by atoms with Gasteiger partial charge in [0.15, 0.2) is 0 Å². The monoisotopic (exact) mass is 549 g/mol. The molecule has 0 saturated carbocycles. The smallest absolute Gasteiger partial charge is 0.265 e. The molecule has 4 aromatic rings. The third-order valence-corrected chi connectivity index (χ3v) is 7.76. The second kappa shape index (κ2) is 12.4. The van der Waals surface area contributed by atoms with E-state index in [0.717, 1.165) is 40.7 Å². The molecular weight excluding hydrogens is 518 g/mol. The van der Waals surface area contributed by atoms with Crippen molar-refractivity contribution in [2.45, 2.75) is 52.5 Å². The number of carbonyl (C=O) groups is 1. The molecule has 1 heterocycles. The van der Waals surface area contributed by atoms with Crippen molar-refractivity contribution in [1.82, 2.24) is 14.3 Å². The zero-order valence-electron chi connectivity index (χ0n) is 21.7. The van der Waals surface area contributed by atoms with Crippen LogP contribution < -0.4 is 4.72 Å². The third-order valence-electron chi connectivity index (χ3n) is 6.44. The highest BCUT2D eigenvalue weighted by atomic mass is 35.5. The highest BCUT2D eigenvalue weighted by Crippen LogP contribution is 2.24. The molecule has 4 rings (SSSR count). The lowest BCUT2D eigenvalue weighted by molar-refractivity contribution is 0.0982. The summed E-state index contributed by atoms with van der Waals surface area (Å²) in [6.07, 6.45) is 7.28. The highest BCUT2D eigenvalue weighted by Gasteiger charge is 2.17. The number of benzene rings is 3. The van der Waals surface area contributed by atoms with Crippen LogP contribution in [0, 0.1) is 6.92 Å². The maximum Gasteiger partial charge on any atom is 0.265 e. The fraction of sp³-hybridized carbons (Fsp3) is 0.267. The number of rotatable bonds is 11. The van der Waals surface area contributed by atoms with E-state index in [-0.39, 0.29) is 5.56 Å². The van der Waals surface area contributed by atoms with Gasteiger partial charge in [-0.3, -0.25) is 4.79 Å². The molecule has 0 radical (unpaired) electrons. The molecule has 3 aromatic carbocycles. The summed E-state index contributed by atoms with van der Waals surface area (Å²) in [7, 11) is -3.97. The largest absolute Gasteiger partial charge is 0.324 e. The number of fused-ring (bicyclic) bond motifs is 1. The zero-order chi connectivity index (χ0) is 27.1. The number of halogens is 1. The lowest BCUT2D eigenvalue weighted by atomic mass is 10.0. The van der Waals surface area contributed by atoms with Gasteiger partial charge in [-0.25, -0.2) is 18.1 Å². The van der Waals surface area contributed by atoms with Gasteiger partial charge in [0.05, 0.1) is 23.0 Å². The number of imidazole rings is 1. The number of aryl methyl sites for hydroxylation is 2. The Kier molecular flexibility index (Phi) is 9.02. The first-order chi connectivity index (χ1) is 18.3. The standard InChI is InChI=1S/C30H32ClN3O3S/c1-3-4-5-7-12-24-13-14-26(27(31)19-24)21-34-22(2)32-28-16-15-25(20-29(28)34)30(35)33-38(36,37)18-17-23-10-8-6-9-11-23/h6,8-11,13-20H,3-5,7,12,21H2,1-2H3,(H,33,35). The SMILES string of the molecule is CCCCCCc1ccc(Cn2c(C)nc3ccc(C(=O)NS(=O)(=O)C=Cc4ccccc4)cc32)c(Cl)c1. The number of nitrogens with zero attached hydrogens (tertiary/aromatic N) is 2. The van der Waals surface area contributed by atoms with Crippen LogP contribution in [0.5, 0.6) is 0 Å². The van der Waals surface area contributed by atoms with E-state index in [0.29, 0.717) is 17.1 Å². The second-order valence-electron chi connectivity index (χ2n) is 9.37. The quantitative estimate of drug-likeness (QED) is 0.206. The van der Waals surface area contributed by atoms with Gasteiger partial charge >= 0.3 is 0 Å². The summed E-state index contributed by atoms with van der Waals surface area (Å²) < 4.78 is 29.1. The Balaban J connectivity index is 1.51. The van der Waals surface area contributed by atoms with Crippen molar-refractivity contribution in [3.05, 3.63) is 105 Å². The summed E-state index contributed by atoms with van der Waals surface area (Å²) in [5, 5.41) is 1.69. The van der Waals surface area contributed by atoms with E-state index in [1.54, 1.807) is 42.5 Å². The van der Waals surface area contributed by atoms with Crippen molar-refractivity contribution in [3.8, 4) is 0 Å². The van der Waals surface area contributed by atoms with Gasteiger partial charge in [0.2, 0.25) is 0 Å². The van der Waals surface area contributed by atoms with Crippen LogP contribution in [-0.4, -0.2) is 23.9 Å². The van der Waals surface area contributed by atoms with Crippen LogP contribution in [0.1, 0.15) is 65.5 Å². The molecule has 198 valence electrons. The summed E-state index contributed by atoms with van der Waals surface area (Å²) in [6.45, 7) is 4.59. The maximum atomic E-state index is 12.8. The van der Waals surface area contributed by atoms with Crippen LogP contribution >= 0.6 is 11.6 Å². The number of carbonyl (C=O) groups excluding carboxylic acids is 1. The average Bonchev–Trinajstić information content (AvgIpc) is 3.21. The van der Waals surface area contributed by atoms with Crippen molar-refractivity contribution in [2.75, 3.05) is 0 Å². The number of unbranched alkanes of at least 4 members (excludes halogenated alkanes) is 3. The van der Waals surface area contributed by atoms with Crippen molar-refractivity contribution in [2.24, 2.45) is 0 Å². The Labute approximate surface area is 229 Å². The number of nitrogens with one attached hydrogen (secondary N) is 1. The van der Waals surface area contributed by atoms with Crippen LogP contribution in [0.25, 0.3) is 17.1 Å². The number of aromatic nitrogens is 2. The Morgan fingerprint density at radius 1 is 1.03 bits per heavy atom. The Hall–Kier alpha value is -3.42. The van der Waals surface area contributed by atoms with Crippen LogP contribution in [0.3, 0.4) is 0 Å². The lowest BCUT2D eigenvalue weighted by Crippen LogP contribution is -2.28. The van der Waals surface area contributed by atoms with E-state index in [9.17, 15) is 13.2 Å². The molecular formula is C30H32ClN3O3S. The van der Waals surface area contributed by atoms with Crippen molar-refractivity contribution in [1.29, 1.82) is 0 Å². The van der Waals surface area contributed by atoms with E-state index in [1.807, 2.05) is 29.7 Å².